The van der Waals surface area contributed by atoms with E-state index in [2.05, 4.69) is 9.97 Å². The standard InChI is InChI=1S/C7H5N3O3/c8-1-5-2-9-4-10-7(5)13-3-6(11)12/h2,4H,3H2,(H,11,12). The maximum absolute atomic E-state index is 10.1. The summed E-state index contributed by atoms with van der Waals surface area (Å²) < 4.78 is 4.72. The van der Waals surface area contributed by atoms with Crippen molar-refractivity contribution in [1.29, 1.82) is 5.26 Å². The number of hydrogen-bond acceptors (Lipinski definition) is 5. The van der Waals surface area contributed by atoms with Crippen molar-refractivity contribution < 1.29 is 14.6 Å². The normalized spacial score (nSPS) is 8.85. The third-order valence-corrected chi connectivity index (χ3v) is 1.13. The summed E-state index contributed by atoms with van der Waals surface area (Å²) in [5.74, 6) is -1.14. The molecular weight excluding hydrogens is 174 g/mol. The molecule has 1 rings (SSSR count). The Morgan fingerprint density at radius 2 is 2.54 bits per heavy atom. The Kier molecular flexibility index (Phi) is 2.76. The first-order chi connectivity index (χ1) is 6.24. The quantitative estimate of drug-likeness (QED) is 0.690. The van der Waals surface area contributed by atoms with Gasteiger partial charge in [-0.15, -0.1) is 0 Å². The van der Waals surface area contributed by atoms with E-state index in [4.69, 9.17) is 15.1 Å². The second-order valence-corrected chi connectivity index (χ2v) is 2.04. The number of rotatable bonds is 3. The fraction of sp³-hybridized carbons (Fsp3) is 0.143. The first kappa shape index (κ1) is 8.93. The highest BCUT2D eigenvalue weighted by atomic mass is 16.5. The zero-order valence-corrected chi connectivity index (χ0v) is 6.47. The molecule has 0 saturated carbocycles. The minimum atomic E-state index is -1.12. The number of carboxylic acids is 1. The molecule has 6 nitrogen and oxygen atoms in total. The van der Waals surface area contributed by atoms with E-state index in [1.807, 2.05) is 0 Å². The van der Waals surface area contributed by atoms with Crippen LogP contribution in [0.15, 0.2) is 12.5 Å². The van der Waals surface area contributed by atoms with Gasteiger partial charge < -0.3 is 9.84 Å². The van der Waals surface area contributed by atoms with Gasteiger partial charge in [-0.3, -0.25) is 0 Å². The van der Waals surface area contributed by atoms with Gasteiger partial charge in [0.05, 0.1) is 6.20 Å². The van der Waals surface area contributed by atoms with Crippen LogP contribution in [0.3, 0.4) is 0 Å². The maximum atomic E-state index is 10.1. The van der Waals surface area contributed by atoms with Crippen molar-refractivity contribution in [3.8, 4) is 11.9 Å². The summed E-state index contributed by atoms with van der Waals surface area (Å²) >= 11 is 0. The number of aliphatic carboxylic acids is 1. The molecule has 0 fully saturated rings. The van der Waals surface area contributed by atoms with Gasteiger partial charge in [-0.25, -0.2) is 14.8 Å². The molecule has 0 spiro atoms. The molecule has 0 saturated heterocycles. The van der Waals surface area contributed by atoms with E-state index in [9.17, 15) is 4.79 Å². The molecule has 0 bridgehead atoms. The molecule has 0 radical (unpaired) electrons. The molecule has 0 aromatic carbocycles. The Labute approximate surface area is 73.4 Å². The average Bonchev–Trinajstić information content (AvgIpc) is 2.15. The minimum absolute atomic E-state index is 0.0140. The fourth-order valence-electron chi connectivity index (χ4n) is 0.640. The molecule has 1 aromatic rings. The number of aromatic nitrogens is 2. The second-order valence-electron chi connectivity index (χ2n) is 2.04. The Morgan fingerprint density at radius 3 is 3.15 bits per heavy atom. The van der Waals surface area contributed by atoms with Gasteiger partial charge in [-0.1, -0.05) is 0 Å². The molecule has 0 aliphatic heterocycles. The van der Waals surface area contributed by atoms with Crippen LogP contribution < -0.4 is 4.74 Å². The molecule has 1 heterocycles. The topological polar surface area (TPSA) is 96.1 Å². The summed E-state index contributed by atoms with van der Waals surface area (Å²) in [5.41, 5.74) is 0.115. The summed E-state index contributed by atoms with van der Waals surface area (Å²) in [6.07, 6.45) is 2.43. The lowest BCUT2D eigenvalue weighted by molar-refractivity contribution is -0.139. The smallest absolute Gasteiger partial charge is 0.341 e. The first-order valence-corrected chi connectivity index (χ1v) is 3.28. The third-order valence-electron chi connectivity index (χ3n) is 1.13. The summed E-state index contributed by atoms with van der Waals surface area (Å²) in [6, 6.07) is 1.78. The molecule has 0 amide bonds. The van der Waals surface area contributed by atoms with E-state index >= 15 is 0 Å². The Balaban J connectivity index is 2.77. The van der Waals surface area contributed by atoms with Crippen molar-refractivity contribution in [3.05, 3.63) is 18.1 Å². The largest absolute Gasteiger partial charge is 0.479 e. The first-order valence-electron chi connectivity index (χ1n) is 3.28. The second kappa shape index (κ2) is 4.01. The highest BCUT2D eigenvalue weighted by Crippen LogP contribution is 2.10. The monoisotopic (exact) mass is 179 g/mol. The maximum Gasteiger partial charge on any atom is 0.341 e. The summed E-state index contributed by atoms with van der Waals surface area (Å²) in [7, 11) is 0. The lowest BCUT2D eigenvalue weighted by atomic mass is 10.4. The Hall–Kier alpha value is -2.16. The number of ether oxygens (including phenoxy) is 1. The van der Waals surface area contributed by atoms with Crippen LogP contribution in [-0.4, -0.2) is 27.7 Å². The van der Waals surface area contributed by atoms with Gasteiger partial charge >= 0.3 is 5.97 Å². The Morgan fingerprint density at radius 1 is 1.77 bits per heavy atom. The van der Waals surface area contributed by atoms with E-state index in [-0.39, 0.29) is 11.4 Å². The van der Waals surface area contributed by atoms with Crippen LogP contribution >= 0.6 is 0 Å². The molecule has 13 heavy (non-hydrogen) atoms. The van der Waals surface area contributed by atoms with Crippen LogP contribution in [0, 0.1) is 11.3 Å². The van der Waals surface area contributed by atoms with Gasteiger partial charge in [-0.2, -0.15) is 5.26 Å². The predicted octanol–water partition coefficient (Wildman–Crippen LogP) is -0.188. The number of carbonyl (C=O) groups is 1. The van der Waals surface area contributed by atoms with Crippen LogP contribution in [-0.2, 0) is 4.79 Å². The van der Waals surface area contributed by atoms with Crippen molar-refractivity contribution in [3.63, 3.8) is 0 Å². The zero-order valence-electron chi connectivity index (χ0n) is 6.47. The number of nitrogens with zero attached hydrogens (tertiary/aromatic N) is 3. The fourth-order valence-corrected chi connectivity index (χ4v) is 0.640. The summed E-state index contributed by atoms with van der Waals surface area (Å²) in [4.78, 5) is 17.3. The van der Waals surface area contributed by atoms with Crippen molar-refractivity contribution in [2.45, 2.75) is 0 Å². The van der Waals surface area contributed by atoms with Gasteiger partial charge in [-0.05, 0) is 0 Å². The van der Waals surface area contributed by atoms with Gasteiger partial charge in [0.25, 0.3) is 0 Å². The van der Waals surface area contributed by atoms with E-state index < -0.39 is 12.6 Å². The van der Waals surface area contributed by atoms with Crippen molar-refractivity contribution in [2.24, 2.45) is 0 Å². The van der Waals surface area contributed by atoms with Crippen molar-refractivity contribution in [2.75, 3.05) is 6.61 Å². The van der Waals surface area contributed by atoms with Crippen molar-refractivity contribution >= 4 is 5.97 Å². The molecule has 1 N–H and O–H groups in total. The van der Waals surface area contributed by atoms with Crippen LogP contribution in [0.25, 0.3) is 0 Å². The van der Waals surface area contributed by atoms with Crippen LogP contribution in [0.1, 0.15) is 5.56 Å². The average molecular weight is 179 g/mol. The molecule has 0 aliphatic rings. The van der Waals surface area contributed by atoms with Gasteiger partial charge in [0, 0.05) is 0 Å². The highest BCUT2D eigenvalue weighted by Gasteiger charge is 2.05. The zero-order chi connectivity index (χ0) is 9.68. The van der Waals surface area contributed by atoms with Crippen molar-refractivity contribution in [1.82, 2.24) is 9.97 Å². The molecule has 6 heteroatoms. The van der Waals surface area contributed by atoms with E-state index in [1.165, 1.54) is 12.5 Å². The number of hydrogen-bond donors (Lipinski definition) is 1. The molecular formula is C7H5N3O3. The number of nitriles is 1. The summed E-state index contributed by atoms with van der Waals surface area (Å²) in [5, 5.41) is 16.8. The molecule has 0 unspecified atom stereocenters. The SMILES string of the molecule is N#Cc1cncnc1OCC(=O)O. The predicted molar refractivity (Wildman–Crippen MR) is 39.9 cm³/mol. The van der Waals surface area contributed by atoms with E-state index in [1.54, 1.807) is 6.07 Å². The van der Waals surface area contributed by atoms with Crippen LogP contribution in [0.2, 0.25) is 0 Å². The van der Waals surface area contributed by atoms with Gasteiger partial charge in [0.2, 0.25) is 5.88 Å². The molecule has 0 atom stereocenters. The van der Waals surface area contributed by atoms with E-state index in [0.29, 0.717) is 0 Å². The number of carboxylic acid groups (broad SMARTS) is 1. The minimum Gasteiger partial charge on any atom is -0.479 e. The lowest BCUT2D eigenvalue weighted by Gasteiger charge is -2.01. The summed E-state index contributed by atoms with van der Waals surface area (Å²) in [6.45, 7) is -0.522. The Bertz CT molecular complexity index is 358. The molecule has 0 aliphatic carbocycles. The van der Waals surface area contributed by atoms with Crippen LogP contribution in [0.5, 0.6) is 5.88 Å². The van der Waals surface area contributed by atoms with Crippen LogP contribution in [0.4, 0.5) is 0 Å². The molecule has 66 valence electrons. The third kappa shape index (κ3) is 2.41. The lowest BCUT2D eigenvalue weighted by Crippen LogP contribution is -2.11. The van der Waals surface area contributed by atoms with Gasteiger partial charge in [0.15, 0.2) is 6.61 Å². The van der Waals surface area contributed by atoms with Gasteiger partial charge in [0.1, 0.15) is 18.0 Å². The molecule has 1 aromatic heterocycles. The highest BCUT2D eigenvalue weighted by molar-refractivity contribution is 5.68. The van der Waals surface area contributed by atoms with E-state index in [0.717, 1.165) is 0 Å².